The molecule has 0 aliphatic rings. The van der Waals surface area contributed by atoms with E-state index >= 15 is 0 Å². The van der Waals surface area contributed by atoms with Crippen molar-refractivity contribution in [3.05, 3.63) is 108 Å². The highest BCUT2D eigenvalue weighted by molar-refractivity contribution is 6.90. The standard InChI is InChI=1S/C42H58N2O6Si5/c1-51(2,31-11-29-45-41-25-21-39(22-26-41)37-17-13-35(33-43)14-18-37)47-53(5,6)49-55(9,10)50-54(7,8)48-52(3,4)32-12-30-46-42-27-23-40(24-28-42)38-19-15-36(34-44)16-20-38/h13-28H,11-12,29-32H2,1-10H3. The van der Waals surface area contributed by atoms with Crippen molar-refractivity contribution in [2.75, 3.05) is 13.2 Å². The maximum absolute atomic E-state index is 9.05. The first kappa shape index (κ1) is 44.1. The van der Waals surface area contributed by atoms with Gasteiger partial charge in [-0.25, -0.2) is 0 Å². The molecule has 0 heterocycles. The lowest BCUT2D eigenvalue weighted by atomic mass is 10.0. The summed E-state index contributed by atoms with van der Waals surface area (Å²) in [7, 11) is -11.6. The quantitative estimate of drug-likeness (QED) is 0.0641. The van der Waals surface area contributed by atoms with Crippen LogP contribution in [0.3, 0.4) is 0 Å². The zero-order valence-electron chi connectivity index (χ0n) is 34.3. The number of nitrogens with zero attached hydrogens (tertiary/aromatic N) is 2. The van der Waals surface area contributed by atoms with Crippen LogP contribution in [0.25, 0.3) is 22.3 Å². The molecule has 4 aromatic carbocycles. The van der Waals surface area contributed by atoms with E-state index in [1.165, 1.54) is 0 Å². The Balaban J connectivity index is 1.17. The van der Waals surface area contributed by atoms with Crippen LogP contribution in [0.4, 0.5) is 0 Å². The third-order valence-electron chi connectivity index (χ3n) is 8.81. The summed E-state index contributed by atoms with van der Waals surface area (Å²) >= 11 is 0. The van der Waals surface area contributed by atoms with Gasteiger partial charge in [0, 0.05) is 0 Å². The van der Waals surface area contributed by atoms with Crippen molar-refractivity contribution < 1.29 is 25.9 Å². The van der Waals surface area contributed by atoms with Gasteiger partial charge < -0.3 is 25.9 Å². The summed E-state index contributed by atoms with van der Waals surface area (Å²) < 4.78 is 39.4. The smallest absolute Gasteiger partial charge is 0.314 e. The molecule has 0 aliphatic carbocycles. The summed E-state index contributed by atoms with van der Waals surface area (Å²) in [5.74, 6) is 1.69. The highest BCUT2D eigenvalue weighted by Gasteiger charge is 2.45. The molecule has 0 saturated heterocycles. The van der Waals surface area contributed by atoms with Gasteiger partial charge in [-0.2, -0.15) is 10.5 Å². The molecule has 0 unspecified atom stereocenters. The van der Waals surface area contributed by atoms with E-state index in [-0.39, 0.29) is 0 Å². The molecule has 0 atom stereocenters. The lowest BCUT2D eigenvalue weighted by Crippen LogP contribution is -2.58. The van der Waals surface area contributed by atoms with Crippen LogP contribution >= 0.6 is 0 Å². The molecule has 0 aliphatic heterocycles. The maximum Gasteiger partial charge on any atom is 0.314 e. The van der Waals surface area contributed by atoms with Gasteiger partial charge in [0.25, 0.3) is 0 Å². The number of hydrogen-bond acceptors (Lipinski definition) is 8. The Labute approximate surface area is 335 Å². The first-order chi connectivity index (χ1) is 25.8. The van der Waals surface area contributed by atoms with E-state index in [1.807, 2.05) is 72.8 Å². The fourth-order valence-electron chi connectivity index (χ4n) is 7.02. The molecule has 0 radical (unpaired) electrons. The molecular weight excluding hydrogens is 769 g/mol. The van der Waals surface area contributed by atoms with Crippen molar-refractivity contribution in [2.24, 2.45) is 0 Å². The van der Waals surface area contributed by atoms with Gasteiger partial charge in [-0.1, -0.05) is 48.5 Å². The predicted molar refractivity (Wildman–Crippen MR) is 235 cm³/mol. The molecule has 0 fully saturated rings. The molecule has 8 nitrogen and oxygen atoms in total. The Morgan fingerprint density at radius 1 is 0.400 bits per heavy atom. The second kappa shape index (κ2) is 19.0. The SMILES string of the molecule is C[Si](C)(CCCOc1ccc(-c2ccc(C#N)cc2)cc1)O[Si](C)(C)O[Si](C)(C)O[Si](C)(C)O[Si](C)(C)CCCOc1ccc(-c2ccc(C#N)cc2)cc1. The average Bonchev–Trinajstić information content (AvgIpc) is 3.10. The maximum atomic E-state index is 9.05. The van der Waals surface area contributed by atoms with Crippen molar-refractivity contribution in [1.29, 1.82) is 10.5 Å². The van der Waals surface area contributed by atoms with Crippen LogP contribution in [-0.2, 0) is 16.5 Å². The Bertz CT molecular complexity index is 1760. The van der Waals surface area contributed by atoms with Crippen LogP contribution in [0.5, 0.6) is 11.5 Å². The third-order valence-corrected chi connectivity index (χ3v) is 28.1. The molecule has 0 saturated carbocycles. The molecule has 4 rings (SSSR count). The lowest BCUT2D eigenvalue weighted by Gasteiger charge is -2.42. The highest BCUT2D eigenvalue weighted by atomic mass is 28.5. The molecule has 0 spiro atoms. The molecule has 13 heteroatoms. The van der Waals surface area contributed by atoms with Crippen molar-refractivity contribution in [1.82, 2.24) is 0 Å². The predicted octanol–water partition coefficient (Wildman–Crippen LogP) is 11.6. The molecule has 0 bridgehead atoms. The topological polar surface area (TPSA) is 103 Å². The van der Waals surface area contributed by atoms with Crippen LogP contribution in [0.2, 0.25) is 77.6 Å². The molecule has 4 aromatic rings. The van der Waals surface area contributed by atoms with Gasteiger partial charge >= 0.3 is 25.7 Å². The normalized spacial score (nSPS) is 12.5. The molecule has 0 aromatic heterocycles. The van der Waals surface area contributed by atoms with Crippen molar-refractivity contribution in [3.63, 3.8) is 0 Å². The first-order valence-electron chi connectivity index (χ1n) is 19.1. The van der Waals surface area contributed by atoms with Gasteiger partial charge in [0.15, 0.2) is 16.6 Å². The summed E-state index contributed by atoms with van der Waals surface area (Å²) in [6.07, 6.45) is 1.81. The Hall–Kier alpha value is -3.62. The molecular formula is C42H58N2O6Si5. The van der Waals surface area contributed by atoms with E-state index < -0.39 is 42.3 Å². The largest absolute Gasteiger partial charge is 0.494 e. The van der Waals surface area contributed by atoms with Crippen LogP contribution in [0.15, 0.2) is 97.1 Å². The van der Waals surface area contributed by atoms with E-state index in [4.69, 9.17) is 36.5 Å². The minimum atomic E-state index is -2.57. The second-order valence-electron chi connectivity index (χ2n) is 16.5. The number of nitriles is 2. The molecule has 292 valence electrons. The monoisotopic (exact) mass is 826 g/mol. The lowest BCUT2D eigenvalue weighted by molar-refractivity contribution is 0.291. The zero-order valence-corrected chi connectivity index (χ0v) is 39.3. The summed E-state index contributed by atoms with van der Waals surface area (Å²) in [6.45, 7) is 23.1. The van der Waals surface area contributed by atoms with Gasteiger partial charge in [-0.15, -0.1) is 0 Å². The van der Waals surface area contributed by atoms with Crippen LogP contribution in [-0.4, -0.2) is 55.5 Å². The summed E-state index contributed by atoms with van der Waals surface area (Å²) in [5, 5.41) is 18.1. The number of rotatable bonds is 20. The molecule has 55 heavy (non-hydrogen) atoms. The Kier molecular flexibility index (Phi) is 15.2. The summed E-state index contributed by atoms with van der Waals surface area (Å²) in [6, 6.07) is 37.7. The number of ether oxygens (including phenoxy) is 2. The van der Waals surface area contributed by atoms with Crippen LogP contribution < -0.4 is 9.47 Å². The van der Waals surface area contributed by atoms with Crippen LogP contribution in [0.1, 0.15) is 24.0 Å². The van der Waals surface area contributed by atoms with Crippen molar-refractivity contribution >= 4 is 42.3 Å². The van der Waals surface area contributed by atoms with E-state index in [0.29, 0.717) is 24.3 Å². The average molecular weight is 827 g/mol. The Morgan fingerprint density at radius 2 is 0.673 bits per heavy atom. The summed E-state index contributed by atoms with van der Waals surface area (Å²) in [4.78, 5) is 0. The Morgan fingerprint density at radius 3 is 0.964 bits per heavy atom. The minimum absolute atomic E-state index is 0.624. The van der Waals surface area contributed by atoms with Gasteiger partial charge in [0.2, 0.25) is 0 Å². The second-order valence-corrected chi connectivity index (χ2v) is 36.2. The minimum Gasteiger partial charge on any atom is -0.494 e. The van der Waals surface area contributed by atoms with Crippen LogP contribution in [0, 0.1) is 22.7 Å². The highest BCUT2D eigenvalue weighted by Crippen LogP contribution is 2.30. The zero-order chi connectivity index (χ0) is 40.3. The van der Waals surface area contributed by atoms with Gasteiger partial charge in [-0.3, -0.25) is 0 Å². The third kappa shape index (κ3) is 15.1. The fourth-order valence-corrected chi connectivity index (χ4v) is 31.6. The van der Waals surface area contributed by atoms with Crippen molar-refractivity contribution in [3.8, 4) is 45.9 Å². The van der Waals surface area contributed by atoms with E-state index in [9.17, 15) is 0 Å². The van der Waals surface area contributed by atoms with Gasteiger partial charge in [-0.05, 0) is 161 Å². The van der Waals surface area contributed by atoms with Gasteiger partial charge in [0.1, 0.15) is 11.5 Å². The molecule has 0 N–H and O–H groups in total. The van der Waals surface area contributed by atoms with E-state index in [2.05, 4.69) is 102 Å². The number of hydrogen-bond donors (Lipinski definition) is 0. The first-order valence-corrected chi connectivity index (χ1v) is 33.7. The van der Waals surface area contributed by atoms with Crippen molar-refractivity contribution in [2.45, 2.75) is 90.4 Å². The van der Waals surface area contributed by atoms with E-state index in [0.717, 1.165) is 58.7 Å². The van der Waals surface area contributed by atoms with Gasteiger partial charge in [0.05, 0.1) is 36.5 Å². The van der Waals surface area contributed by atoms with E-state index in [1.54, 1.807) is 0 Å². The summed E-state index contributed by atoms with van der Waals surface area (Å²) in [5.41, 5.74) is 5.64. The fraction of sp³-hybridized carbons (Fsp3) is 0.381. The number of benzene rings is 4. The molecule has 0 amide bonds.